The topological polar surface area (TPSA) is 102 Å². The number of phenols is 2. The summed E-state index contributed by atoms with van der Waals surface area (Å²) in [5, 5.41) is 21.3. The molecule has 5 rings (SSSR count). The van der Waals surface area contributed by atoms with E-state index in [9.17, 15) is 10.2 Å². The van der Waals surface area contributed by atoms with Gasteiger partial charge in [0.05, 0.1) is 27.4 Å². The Hall–Kier alpha value is -4.20. The first-order valence-electron chi connectivity index (χ1n) is 12.7. The summed E-state index contributed by atoms with van der Waals surface area (Å²) in [4.78, 5) is 10.0. The van der Waals surface area contributed by atoms with Crippen LogP contribution in [0.15, 0.2) is 64.6 Å². The maximum Gasteiger partial charge on any atom is 0.205 e. The van der Waals surface area contributed by atoms with Gasteiger partial charge in [-0.1, -0.05) is 30.7 Å². The Morgan fingerprint density at radius 1 is 0.816 bits per heavy atom. The Bertz CT molecular complexity index is 1370. The fraction of sp³-hybridized carbons (Fsp3) is 0.333. The Morgan fingerprint density at radius 2 is 1.42 bits per heavy atom. The van der Waals surface area contributed by atoms with Gasteiger partial charge in [-0.15, -0.1) is 0 Å². The average Bonchev–Trinajstić information content (AvgIpc) is 2.95. The lowest BCUT2D eigenvalue weighted by Crippen LogP contribution is -2.49. The van der Waals surface area contributed by atoms with Crippen molar-refractivity contribution in [1.82, 2.24) is 0 Å². The van der Waals surface area contributed by atoms with Crippen LogP contribution in [0, 0.1) is 5.92 Å². The second-order valence-corrected chi connectivity index (χ2v) is 9.46. The maximum atomic E-state index is 10.6. The van der Waals surface area contributed by atoms with Crippen molar-refractivity contribution in [3.05, 3.63) is 71.3 Å². The fourth-order valence-corrected chi connectivity index (χ4v) is 5.44. The molecule has 0 spiro atoms. The van der Waals surface area contributed by atoms with Gasteiger partial charge in [0.2, 0.25) is 5.72 Å². The summed E-state index contributed by atoms with van der Waals surface area (Å²) in [6, 6.07) is 16.1. The molecule has 3 aromatic rings. The molecule has 0 amide bonds. The van der Waals surface area contributed by atoms with Crippen LogP contribution in [0.2, 0.25) is 0 Å². The predicted molar refractivity (Wildman–Crippen MR) is 146 cm³/mol. The van der Waals surface area contributed by atoms with E-state index < -0.39 is 5.72 Å². The lowest BCUT2D eigenvalue weighted by atomic mass is 9.73. The van der Waals surface area contributed by atoms with Crippen molar-refractivity contribution in [2.24, 2.45) is 15.9 Å². The molecule has 1 heterocycles. The second kappa shape index (κ2) is 10.7. The zero-order chi connectivity index (χ0) is 26.7. The number of hydrogen-bond donors (Lipinski definition) is 2. The molecular weight excluding hydrogens is 484 g/mol. The van der Waals surface area contributed by atoms with E-state index >= 15 is 0 Å². The molecule has 3 atom stereocenters. The van der Waals surface area contributed by atoms with Crippen LogP contribution < -0.4 is 18.9 Å². The predicted octanol–water partition coefficient (Wildman–Crippen LogP) is 5.68. The Morgan fingerprint density at radius 3 is 2.08 bits per heavy atom. The van der Waals surface area contributed by atoms with Crippen molar-refractivity contribution in [3.8, 4) is 34.5 Å². The second-order valence-electron chi connectivity index (χ2n) is 9.46. The molecule has 198 valence electrons. The molecule has 38 heavy (non-hydrogen) atoms. The Kier molecular flexibility index (Phi) is 7.13. The number of methoxy groups -OCH3 is 3. The van der Waals surface area contributed by atoms with Gasteiger partial charge in [-0.25, -0.2) is 4.99 Å². The molecule has 0 aromatic heterocycles. The normalized spacial score (nSPS) is 22.5. The van der Waals surface area contributed by atoms with Gasteiger partial charge in [-0.05, 0) is 43.2 Å². The van der Waals surface area contributed by atoms with Crippen molar-refractivity contribution in [2.45, 2.75) is 37.5 Å². The Balaban J connectivity index is 1.61. The van der Waals surface area contributed by atoms with E-state index in [-0.39, 0.29) is 23.5 Å². The van der Waals surface area contributed by atoms with Gasteiger partial charge in [-0.2, -0.15) is 0 Å². The van der Waals surface area contributed by atoms with Gasteiger partial charge in [0.1, 0.15) is 0 Å². The largest absolute Gasteiger partial charge is 0.504 e. The molecule has 1 saturated carbocycles. The van der Waals surface area contributed by atoms with Crippen LogP contribution in [0.3, 0.4) is 0 Å². The third-order valence-electron chi connectivity index (χ3n) is 7.38. The van der Waals surface area contributed by atoms with Crippen molar-refractivity contribution >= 4 is 12.4 Å². The summed E-state index contributed by atoms with van der Waals surface area (Å²) in [6.45, 7) is 0. The third-order valence-corrected chi connectivity index (χ3v) is 7.38. The van der Waals surface area contributed by atoms with Crippen molar-refractivity contribution in [1.29, 1.82) is 0 Å². The van der Waals surface area contributed by atoms with Crippen molar-refractivity contribution in [3.63, 3.8) is 0 Å². The number of hydrogen-bond acceptors (Lipinski definition) is 8. The summed E-state index contributed by atoms with van der Waals surface area (Å²) in [7, 11) is 4.65. The van der Waals surface area contributed by atoms with Crippen molar-refractivity contribution < 1.29 is 29.2 Å². The SMILES string of the molecule is COc1cccc(C=N[C@@H]2c3cccc(OC)c3O[C@@]3(N=Cc4cccc(OC)c4O)CCCC[C@H]23)c1O. The highest BCUT2D eigenvalue weighted by Gasteiger charge is 2.51. The highest BCUT2D eigenvalue weighted by Crippen LogP contribution is 2.55. The van der Waals surface area contributed by atoms with E-state index in [1.54, 1.807) is 43.8 Å². The summed E-state index contributed by atoms with van der Waals surface area (Å²) < 4.78 is 22.9. The lowest BCUT2D eigenvalue weighted by molar-refractivity contribution is -0.0443. The monoisotopic (exact) mass is 516 g/mol. The number of aromatic hydroxyl groups is 2. The van der Waals surface area contributed by atoms with Crippen LogP contribution in [-0.4, -0.2) is 49.7 Å². The van der Waals surface area contributed by atoms with Crippen LogP contribution in [0.4, 0.5) is 0 Å². The molecule has 1 fully saturated rings. The van der Waals surface area contributed by atoms with Gasteiger partial charge < -0.3 is 29.2 Å². The smallest absolute Gasteiger partial charge is 0.205 e. The summed E-state index contributed by atoms with van der Waals surface area (Å²) in [5.41, 5.74) is 1.10. The number of aliphatic imine (C=N–C) groups is 2. The molecule has 3 aromatic carbocycles. The van der Waals surface area contributed by atoms with E-state index in [4.69, 9.17) is 28.9 Å². The van der Waals surface area contributed by atoms with Crippen molar-refractivity contribution in [2.75, 3.05) is 21.3 Å². The molecule has 1 aliphatic heterocycles. The maximum absolute atomic E-state index is 10.6. The quantitative estimate of drug-likeness (QED) is 0.392. The number of benzene rings is 3. The molecular formula is C30H32N2O6. The number of ether oxygens (including phenoxy) is 4. The fourth-order valence-electron chi connectivity index (χ4n) is 5.44. The molecule has 2 N–H and O–H groups in total. The van der Waals surface area contributed by atoms with Crippen LogP contribution in [0.5, 0.6) is 34.5 Å². The Labute approximate surface area is 222 Å². The van der Waals surface area contributed by atoms with E-state index in [0.717, 1.165) is 24.8 Å². The number of fused-ring (bicyclic) bond motifs is 2. The summed E-state index contributed by atoms with van der Waals surface area (Å²) >= 11 is 0. The zero-order valence-corrected chi connectivity index (χ0v) is 21.8. The lowest BCUT2D eigenvalue weighted by Gasteiger charge is -2.47. The summed E-state index contributed by atoms with van der Waals surface area (Å²) in [6.07, 6.45) is 6.84. The van der Waals surface area contributed by atoms with Gasteiger partial charge in [0.15, 0.2) is 34.5 Å². The molecule has 1 aliphatic carbocycles. The van der Waals surface area contributed by atoms with Gasteiger partial charge in [-0.3, -0.25) is 4.99 Å². The van der Waals surface area contributed by atoms with Crippen LogP contribution in [0.25, 0.3) is 0 Å². The number of rotatable bonds is 7. The minimum absolute atomic E-state index is 0.0272. The van der Waals surface area contributed by atoms with E-state index in [0.29, 0.717) is 40.5 Å². The van der Waals surface area contributed by atoms with Crippen LogP contribution in [-0.2, 0) is 0 Å². The molecule has 0 bridgehead atoms. The van der Waals surface area contributed by atoms with Gasteiger partial charge in [0, 0.05) is 41.5 Å². The van der Waals surface area contributed by atoms with E-state index in [1.807, 2.05) is 30.3 Å². The third kappa shape index (κ3) is 4.51. The highest BCUT2D eigenvalue weighted by atomic mass is 16.5. The number of phenolic OH excluding ortho intramolecular Hbond substituents is 2. The van der Waals surface area contributed by atoms with Gasteiger partial charge in [0.25, 0.3) is 0 Å². The highest BCUT2D eigenvalue weighted by molar-refractivity contribution is 5.86. The molecule has 0 saturated heterocycles. The number of nitrogens with zero attached hydrogens (tertiary/aromatic N) is 2. The first kappa shape index (κ1) is 25.4. The zero-order valence-electron chi connectivity index (χ0n) is 21.8. The molecule has 2 aliphatic rings. The summed E-state index contributed by atoms with van der Waals surface area (Å²) in [5.74, 6) is 1.97. The minimum Gasteiger partial charge on any atom is -0.504 e. The first-order chi connectivity index (χ1) is 18.5. The molecule has 8 heteroatoms. The minimum atomic E-state index is -0.909. The van der Waals surface area contributed by atoms with Crippen LogP contribution in [0.1, 0.15) is 48.4 Å². The van der Waals surface area contributed by atoms with E-state index in [2.05, 4.69) is 0 Å². The standard InChI is InChI=1S/C30H32N2O6/c1-35-23-13-6-9-19(27(23)33)17-31-26-21-11-8-15-25(37-3)29(21)38-30(16-5-4-12-22(26)30)32-18-20-10-7-14-24(36-2)28(20)34/h6-11,13-15,17-18,22,26,33-34H,4-5,12,16H2,1-3H3/t22-,26-,30+/m1/s1. The molecule has 0 unspecified atom stereocenters. The number of para-hydroxylation sites is 3. The average molecular weight is 517 g/mol. The van der Waals surface area contributed by atoms with E-state index in [1.165, 1.54) is 14.2 Å². The van der Waals surface area contributed by atoms with Crippen LogP contribution >= 0.6 is 0 Å². The first-order valence-corrected chi connectivity index (χ1v) is 12.7. The van der Waals surface area contributed by atoms with Gasteiger partial charge >= 0.3 is 0 Å². The molecule has 0 radical (unpaired) electrons. The molecule has 8 nitrogen and oxygen atoms in total.